The molecule has 2 heterocycles. The number of para-hydroxylation sites is 1. The third-order valence-corrected chi connectivity index (χ3v) is 8.49. The van der Waals surface area contributed by atoms with Crippen LogP contribution in [0.5, 0.6) is 0 Å². The average molecular weight is 476 g/mol. The van der Waals surface area contributed by atoms with Crippen LogP contribution in [0.4, 0.5) is 0 Å². The molecule has 0 radical (unpaired) electrons. The standard InChI is InChI=1S/C34H21NS/c1-2-8-22(9-3-1)24-15-14-23-16-17-26(19-25(23)18-24)35-31-12-6-4-10-27(31)29-21-34-30(20-32(29)35)28-11-5-7-13-33(28)36-34/h1-21H. The first-order valence-electron chi connectivity index (χ1n) is 12.3. The Morgan fingerprint density at radius 3 is 2.11 bits per heavy atom. The monoisotopic (exact) mass is 475 g/mol. The van der Waals surface area contributed by atoms with Crippen LogP contribution in [0.2, 0.25) is 0 Å². The fourth-order valence-electron chi connectivity index (χ4n) is 5.65. The minimum absolute atomic E-state index is 1.19. The maximum Gasteiger partial charge on any atom is 0.0548 e. The summed E-state index contributed by atoms with van der Waals surface area (Å²) in [5, 5.41) is 7.78. The van der Waals surface area contributed by atoms with Crippen molar-refractivity contribution in [3.8, 4) is 16.8 Å². The van der Waals surface area contributed by atoms with Gasteiger partial charge in [-0.25, -0.2) is 0 Å². The second kappa shape index (κ2) is 7.55. The summed E-state index contributed by atoms with van der Waals surface area (Å²) < 4.78 is 5.12. The van der Waals surface area contributed by atoms with Crippen molar-refractivity contribution in [3.63, 3.8) is 0 Å². The summed E-state index contributed by atoms with van der Waals surface area (Å²) in [4.78, 5) is 0. The summed E-state index contributed by atoms with van der Waals surface area (Å²) in [6, 6.07) is 46.5. The molecule has 168 valence electrons. The Balaban J connectivity index is 1.43. The van der Waals surface area contributed by atoms with Gasteiger partial charge in [-0.2, -0.15) is 0 Å². The number of hydrogen-bond acceptors (Lipinski definition) is 1. The first-order valence-corrected chi connectivity index (χ1v) is 13.1. The Kier molecular flexibility index (Phi) is 4.16. The number of aromatic nitrogens is 1. The first kappa shape index (κ1) is 19.9. The topological polar surface area (TPSA) is 4.93 Å². The second-order valence-electron chi connectivity index (χ2n) is 9.43. The molecule has 1 nitrogen and oxygen atoms in total. The lowest BCUT2D eigenvalue weighted by molar-refractivity contribution is 1.19. The van der Waals surface area contributed by atoms with Gasteiger partial charge in [0.15, 0.2) is 0 Å². The fourth-order valence-corrected chi connectivity index (χ4v) is 6.78. The Morgan fingerprint density at radius 2 is 1.19 bits per heavy atom. The quantitative estimate of drug-likeness (QED) is 0.234. The SMILES string of the molecule is c1ccc(-c2ccc3ccc(-n4c5ccccc5c5cc6sc7ccccc7c6cc54)cc3c2)cc1. The van der Waals surface area contributed by atoms with E-state index in [2.05, 4.69) is 132 Å². The van der Waals surface area contributed by atoms with Crippen molar-refractivity contribution in [1.29, 1.82) is 0 Å². The van der Waals surface area contributed by atoms with E-state index in [9.17, 15) is 0 Å². The minimum atomic E-state index is 1.19. The van der Waals surface area contributed by atoms with Gasteiger partial charge in [0.2, 0.25) is 0 Å². The third-order valence-electron chi connectivity index (χ3n) is 7.36. The molecular weight excluding hydrogens is 454 g/mol. The van der Waals surface area contributed by atoms with Crippen LogP contribution in [0.1, 0.15) is 0 Å². The lowest BCUT2D eigenvalue weighted by Crippen LogP contribution is -1.93. The van der Waals surface area contributed by atoms with Gasteiger partial charge in [-0.05, 0) is 64.4 Å². The Morgan fingerprint density at radius 1 is 0.417 bits per heavy atom. The zero-order chi connectivity index (χ0) is 23.6. The summed E-state index contributed by atoms with van der Waals surface area (Å²) in [5.41, 5.74) is 6.18. The van der Waals surface area contributed by atoms with Crippen LogP contribution in [0.3, 0.4) is 0 Å². The highest BCUT2D eigenvalue weighted by Crippen LogP contribution is 2.40. The molecule has 0 spiro atoms. The molecule has 0 atom stereocenters. The maximum atomic E-state index is 2.44. The zero-order valence-corrected chi connectivity index (χ0v) is 20.3. The largest absolute Gasteiger partial charge is 0.309 e. The van der Waals surface area contributed by atoms with Crippen molar-refractivity contribution in [2.24, 2.45) is 0 Å². The van der Waals surface area contributed by atoms with Crippen molar-refractivity contribution in [2.45, 2.75) is 0 Å². The molecule has 2 aromatic heterocycles. The highest BCUT2D eigenvalue weighted by molar-refractivity contribution is 7.25. The lowest BCUT2D eigenvalue weighted by Gasteiger charge is -2.11. The molecule has 0 amide bonds. The number of rotatable bonds is 2. The molecule has 0 saturated carbocycles. The van der Waals surface area contributed by atoms with Gasteiger partial charge in [-0.15, -0.1) is 11.3 Å². The normalized spacial score (nSPS) is 11.9. The van der Waals surface area contributed by atoms with E-state index >= 15 is 0 Å². The van der Waals surface area contributed by atoms with Crippen molar-refractivity contribution >= 4 is 64.1 Å². The van der Waals surface area contributed by atoms with Crippen LogP contribution in [-0.4, -0.2) is 4.57 Å². The molecule has 8 aromatic rings. The van der Waals surface area contributed by atoms with Gasteiger partial charge in [0, 0.05) is 36.6 Å². The smallest absolute Gasteiger partial charge is 0.0548 e. The predicted octanol–water partition coefficient (Wildman–Crippen LogP) is 9.97. The molecule has 0 saturated heterocycles. The van der Waals surface area contributed by atoms with Crippen molar-refractivity contribution < 1.29 is 0 Å². The van der Waals surface area contributed by atoms with E-state index in [0.29, 0.717) is 0 Å². The molecule has 0 aliphatic heterocycles. The van der Waals surface area contributed by atoms with Gasteiger partial charge in [-0.1, -0.05) is 84.9 Å². The molecular formula is C34H21NS. The van der Waals surface area contributed by atoms with Crippen LogP contribution >= 0.6 is 11.3 Å². The van der Waals surface area contributed by atoms with Crippen LogP contribution < -0.4 is 0 Å². The van der Waals surface area contributed by atoms with Crippen LogP contribution in [0.15, 0.2) is 127 Å². The Hall–Kier alpha value is -4.40. The van der Waals surface area contributed by atoms with Gasteiger partial charge in [0.05, 0.1) is 11.0 Å². The number of nitrogens with zero attached hydrogens (tertiary/aromatic N) is 1. The summed E-state index contributed by atoms with van der Waals surface area (Å²) in [6.07, 6.45) is 0. The predicted molar refractivity (Wildman–Crippen MR) is 157 cm³/mol. The third kappa shape index (κ3) is 2.89. The van der Waals surface area contributed by atoms with Crippen molar-refractivity contribution in [2.75, 3.05) is 0 Å². The Labute approximate surface area is 212 Å². The summed E-state index contributed by atoms with van der Waals surface area (Å²) >= 11 is 1.88. The average Bonchev–Trinajstić information content (AvgIpc) is 3.46. The van der Waals surface area contributed by atoms with Gasteiger partial charge >= 0.3 is 0 Å². The molecule has 0 fully saturated rings. The molecule has 0 unspecified atom stereocenters. The van der Waals surface area contributed by atoms with E-state index in [0.717, 1.165) is 0 Å². The van der Waals surface area contributed by atoms with Gasteiger partial charge in [-0.3, -0.25) is 0 Å². The Bertz CT molecular complexity index is 2090. The molecule has 2 heteroatoms. The van der Waals surface area contributed by atoms with Crippen molar-refractivity contribution in [1.82, 2.24) is 4.57 Å². The highest BCUT2D eigenvalue weighted by atomic mass is 32.1. The first-order chi connectivity index (χ1) is 17.8. The van der Waals surface area contributed by atoms with E-state index < -0.39 is 0 Å². The number of thiophene rings is 1. The van der Waals surface area contributed by atoms with E-state index in [1.807, 2.05) is 11.3 Å². The van der Waals surface area contributed by atoms with Gasteiger partial charge in [0.1, 0.15) is 0 Å². The second-order valence-corrected chi connectivity index (χ2v) is 10.5. The minimum Gasteiger partial charge on any atom is -0.309 e. The fraction of sp³-hybridized carbons (Fsp3) is 0. The van der Waals surface area contributed by atoms with E-state index in [1.54, 1.807) is 0 Å². The molecule has 0 aliphatic carbocycles. The molecule has 0 N–H and O–H groups in total. The summed E-state index contributed by atoms with van der Waals surface area (Å²) in [5.74, 6) is 0. The maximum absolute atomic E-state index is 2.44. The van der Waals surface area contributed by atoms with Crippen LogP contribution in [0, 0.1) is 0 Å². The number of fused-ring (bicyclic) bond motifs is 7. The number of hydrogen-bond donors (Lipinski definition) is 0. The molecule has 6 aromatic carbocycles. The highest BCUT2D eigenvalue weighted by Gasteiger charge is 2.15. The summed E-state index contributed by atoms with van der Waals surface area (Å²) in [6.45, 7) is 0. The molecule has 36 heavy (non-hydrogen) atoms. The van der Waals surface area contributed by atoms with Crippen LogP contribution in [-0.2, 0) is 0 Å². The lowest BCUT2D eigenvalue weighted by atomic mass is 10.0. The molecule has 8 rings (SSSR count). The number of benzene rings is 6. The van der Waals surface area contributed by atoms with E-state index in [-0.39, 0.29) is 0 Å². The van der Waals surface area contributed by atoms with Crippen molar-refractivity contribution in [3.05, 3.63) is 127 Å². The molecule has 0 bridgehead atoms. The summed E-state index contributed by atoms with van der Waals surface area (Å²) in [7, 11) is 0. The van der Waals surface area contributed by atoms with Crippen LogP contribution in [0.25, 0.3) is 69.6 Å². The van der Waals surface area contributed by atoms with E-state index in [4.69, 9.17) is 0 Å². The van der Waals surface area contributed by atoms with Gasteiger partial charge in [0.25, 0.3) is 0 Å². The van der Waals surface area contributed by atoms with E-state index in [1.165, 1.54) is 69.6 Å². The molecule has 0 aliphatic rings. The zero-order valence-electron chi connectivity index (χ0n) is 19.5. The van der Waals surface area contributed by atoms with Gasteiger partial charge < -0.3 is 4.57 Å².